The van der Waals surface area contributed by atoms with Crippen LogP contribution in [-0.4, -0.2) is 13.2 Å². The van der Waals surface area contributed by atoms with E-state index in [9.17, 15) is 0 Å². The van der Waals surface area contributed by atoms with Crippen molar-refractivity contribution in [3.8, 4) is 0 Å². The number of allylic oxidation sites excluding steroid dienone is 1. The van der Waals surface area contributed by atoms with Gasteiger partial charge >= 0.3 is 0 Å². The van der Waals surface area contributed by atoms with Gasteiger partial charge in [-0.1, -0.05) is 32.4 Å². The third-order valence-corrected chi connectivity index (χ3v) is 1.55. The molecule has 1 unspecified atom stereocenters. The fourth-order valence-electron chi connectivity index (χ4n) is 0.551. The summed E-state index contributed by atoms with van der Waals surface area (Å²) < 4.78 is 5.34. The standard InChI is InChI=1S/C9H18O/c1-4-6-7-10-8-9(3)5-2/h4,6,9H,5,7-8H2,1-3H3/b6-4+. The van der Waals surface area contributed by atoms with Crippen LogP contribution < -0.4 is 0 Å². The Labute approximate surface area is 64.1 Å². The number of hydrogen-bond donors (Lipinski definition) is 0. The molecule has 0 aliphatic rings. The highest BCUT2D eigenvalue weighted by molar-refractivity contribution is 4.75. The first-order chi connectivity index (χ1) is 4.81. The average Bonchev–Trinajstić information content (AvgIpc) is 1.98. The van der Waals surface area contributed by atoms with E-state index in [0.717, 1.165) is 13.2 Å². The van der Waals surface area contributed by atoms with E-state index < -0.39 is 0 Å². The lowest BCUT2D eigenvalue weighted by Gasteiger charge is -2.06. The second kappa shape index (κ2) is 6.81. The van der Waals surface area contributed by atoms with Crippen molar-refractivity contribution in [3.05, 3.63) is 12.2 Å². The van der Waals surface area contributed by atoms with E-state index >= 15 is 0 Å². The zero-order chi connectivity index (χ0) is 7.82. The summed E-state index contributed by atoms with van der Waals surface area (Å²) in [6.07, 6.45) is 5.24. The summed E-state index contributed by atoms with van der Waals surface area (Å²) in [5.41, 5.74) is 0. The largest absolute Gasteiger partial charge is 0.377 e. The molecule has 10 heavy (non-hydrogen) atoms. The van der Waals surface area contributed by atoms with Gasteiger partial charge in [-0.15, -0.1) is 0 Å². The van der Waals surface area contributed by atoms with E-state index in [1.807, 2.05) is 19.1 Å². The monoisotopic (exact) mass is 142 g/mol. The van der Waals surface area contributed by atoms with Crippen LogP contribution >= 0.6 is 0 Å². The smallest absolute Gasteiger partial charge is 0.0647 e. The molecule has 0 aliphatic heterocycles. The highest BCUT2D eigenvalue weighted by Crippen LogP contribution is 1.99. The van der Waals surface area contributed by atoms with Crippen molar-refractivity contribution >= 4 is 0 Å². The number of ether oxygens (including phenoxy) is 1. The van der Waals surface area contributed by atoms with E-state index in [4.69, 9.17) is 4.74 Å². The Balaban J connectivity index is 3.03. The molecule has 0 aromatic rings. The third-order valence-electron chi connectivity index (χ3n) is 1.55. The molecule has 1 nitrogen and oxygen atoms in total. The summed E-state index contributed by atoms with van der Waals surface area (Å²) in [6.45, 7) is 8.05. The first-order valence-electron chi connectivity index (χ1n) is 4.00. The molecule has 0 fully saturated rings. The van der Waals surface area contributed by atoms with Gasteiger partial charge in [-0.05, 0) is 12.8 Å². The Morgan fingerprint density at radius 1 is 1.50 bits per heavy atom. The highest BCUT2D eigenvalue weighted by atomic mass is 16.5. The van der Waals surface area contributed by atoms with Gasteiger partial charge in [0, 0.05) is 6.61 Å². The van der Waals surface area contributed by atoms with Gasteiger partial charge in [-0.3, -0.25) is 0 Å². The van der Waals surface area contributed by atoms with Gasteiger partial charge < -0.3 is 4.74 Å². The lowest BCUT2D eigenvalue weighted by atomic mass is 10.1. The van der Waals surface area contributed by atoms with Crippen molar-refractivity contribution in [3.63, 3.8) is 0 Å². The zero-order valence-corrected chi connectivity index (χ0v) is 7.26. The fraction of sp³-hybridized carbons (Fsp3) is 0.778. The van der Waals surface area contributed by atoms with Crippen molar-refractivity contribution in [2.24, 2.45) is 5.92 Å². The molecular formula is C9H18O. The summed E-state index contributed by atoms with van der Waals surface area (Å²) in [6, 6.07) is 0. The summed E-state index contributed by atoms with van der Waals surface area (Å²) in [5.74, 6) is 0.699. The van der Waals surface area contributed by atoms with Gasteiger partial charge in [0.15, 0.2) is 0 Å². The van der Waals surface area contributed by atoms with E-state index in [1.165, 1.54) is 6.42 Å². The molecule has 1 atom stereocenters. The second-order valence-corrected chi connectivity index (χ2v) is 2.62. The van der Waals surface area contributed by atoms with E-state index in [1.54, 1.807) is 0 Å². The SMILES string of the molecule is C/C=C/COCC(C)CC. The van der Waals surface area contributed by atoms with Gasteiger partial charge in [-0.25, -0.2) is 0 Å². The molecule has 0 aliphatic carbocycles. The van der Waals surface area contributed by atoms with Crippen LogP contribution in [0.1, 0.15) is 27.2 Å². The predicted octanol–water partition coefficient (Wildman–Crippen LogP) is 2.63. The van der Waals surface area contributed by atoms with E-state index in [-0.39, 0.29) is 0 Å². The van der Waals surface area contributed by atoms with Crippen LogP contribution in [0.3, 0.4) is 0 Å². The first kappa shape index (κ1) is 9.70. The van der Waals surface area contributed by atoms with E-state index in [0.29, 0.717) is 5.92 Å². The Bertz CT molecular complexity index is 86.7. The van der Waals surface area contributed by atoms with Crippen molar-refractivity contribution in [1.82, 2.24) is 0 Å². The minimum atomic E-state index is 0.699. The molecule has 0 bridgehead atoms. The molecule has 0 radical (unpaired) electrons. The van der Waals surface area contributed by atoms with Crippen LogP contribution in [0.2, 0.25) is 0 Å². The summed E-state index contributed by atoms with van der Waals surface area (Å²) >= 11 is 0. The molecule has 0 N–H and O–H groups in total. The lowest BCUT2D eigenvalue weighted by molar-refractivity contribution is 0.127. The molecule has 0 heterocycles. The quantitative estimate of drug-likeness (QED) is 0.423. The zero-order valence-electron chi connectivity index (χ0n) is 7.26. The lowest BCUT2D eigenvalue weighted by Crippen LogP contribution is -2.04. The van der Waals surface area contributed by atoms with Crippen molar-refractivity contribution in [2.75, 3.05) is 13.2 Å². The van der Waals surface area contributed by atoms with Gasteiger partial charge in [0.2, 0.25) is 0 Å². The maximum absolute atomic E-state index is 5.34. The van der Waals surface area contributed by atoms with Gasteiger partial charge in [0.25, 0.3) is 0 Å². The van der Waals surface area contributed by atoms with Gasteiger partial charge in [-0.2, -0.15) is 0 Å². The highest BCUT2D eigenvalue weighted by Gasteiger charge is 1.95. The topological polar surface area (TPSA) is 9.23 Å². The Morgan fingerprint density at radius 3 is 2.70 bits per heavy atom. The van der Waals surface area contributed by atoms with Crippen molar-refractivity contribution < 1.29 is 4.74 Å². The maximum Gasteiger partial charge on any atom is 0.0647 e. The molecular weight excluding hydrogens is 124 g/mol. The summed E-state index contributed by atoms with van der Waals surface area (Å²) in [5, 5.41) is 0. The molecule has 0 amide bonds. The van der Waals surface area contributed by atoms with Crippen LogP contribution in [0, 0.1) is 5.92 Å². The average molecular weight is 142 g/mol. The van der Waals surface area contributed by atoms with Gasteiger partial charge in [0.1, 0.15) is 0 Å². The molecule has 0 rings (SSSR count). The number of hydrogen-bond acceptors (Lipinski definition) is 1. The third kappa shape index (κ3) is 5.83. The molecule has 0 saturated carbocycles. The van der Waals surface area contributed by atoms with Gasteiger partial charge in [0.05, 0.1) is 6.61 Å². The minimum Gasteiger partial charge on any atom is -0.377 e. The number of rotatable bonds is 5. The Hall–Kier alpha value is -0.300. The fourth-order valence-corrected chi connectivity index (χ4v) is 0.551. The van der Waals surface area contributed by atoms with Crippen LogP contribution in [0.15, 0.2) is 12.2 Å². The summed E-state index contributed by atoms with van der Waals surface area (Å²) in [7, 11) is 0. The Kier molecular flexibility index (Phi) is 6.61. The van der Waals surface area contributed by atoms with Crippen LogP contribution in [-0.2, 0) is 4.74 Å². The summed E-state index contributed by atoms with van der Waals surface area (Å²) in [4.78, 5) is 0. The van der Waals surface area contributed by atoms with Crippen molar-refractivity contribution in [1.29, 1.82) is 0 Å². The van der Waals surface area contributed by atoms with E-state index in [2.05, 4.69) is 13.8 Å². The first-order valence-corrected chi connectivity index (χ1v) is 4.00. The molecule has 0 aromatic heterocycles. The molecule has 0 spiro atoms. The molecule has 60 valence electrons. The Morgan fingerprint density at radius 2 is 2.20 bits per heavy atom. The molecule has 0 saturated heterocycles. The minimum absolute atomic E-state index is 0.699. The van der Waals surface area contributed by atoms with Crippen LogP contribution in [0.4, 0.5) is 0 Å². The van der Waals surface area contributed by atoms with Crippen LogP contribution in [0.5, 0.6) is 0 Å². The van der Waals surface area contributed by atoms with Crippen molar-refractivity contribution in [2.45, 2.75) is 27.2 Å². The second-order valence-electron chi connectivity index (χ2n) is 2.62. The normalized spacial score (nSPS) is 14.3. The molecule has 0 aromatic carbocycles. The predicted molar refractivity (Wildman–Crippen MR) is 45.1 cm³/mol. The van der Waals surface area contributed by atoms with Crippen LogP contribution in [0.25, 0.3) is 0 Å². The molecule has 1 heteroatoms. The maximum atomic E-state index is 5.34.